The third-order valence-corrected chi connectivity index (χ3v) is 6.99. The first kappa shape index (κ1) is 33.9. The van der Waals surface area contributed by atoms with Crippen LogP contribution in [0.25, 0.3) is 10.8 Å². The van der Waals surface area contributed by atoms with E-state index in [9.17, 15) is 14.4 Å². The number of carboxylic acid groups (broad SMARTS) is 1. The molecular formula is C28H44N6O4S. The molecule has 1 atom stereocenters. The third-order valence-electron chi connectivity index (χ3n) is 5.98. The van der Waals surface area contributed by atoms with Gasteiger partial charge in [-0.2, -0.15) is 0 Å². The number of amides is 2. The zero-order valence-electron chi connectivity index (χ0n) is 23.1. The maximum atomic E-state index is 11.7. The zero-order chi connectivity index (χ0) is 28.9. The molecule has 0 bridgehead atoms. The van der Waals surface area contributed by atoms with Crippen molar-refractivity contribution < 1.29 is 19.5 Å². The van der Waals surface area contributed by atoms with Crippen molar-refractivity contribution in [2.75, 3.05) is 39.8 Å². The highest BCUT2D eigenvalue weighted by atomic mass is 32.2. The molecule has 10 nitrogen and oxygen atoms in total. The van der Waals surface area contributed by atoms with Crippen LogP contribution in [0.2, 0.25) is 0 Å². The molecule has 2 aromatic carbocycles. The number of aliphatic imine (C=N–C) groups is 1. The van der Waals surface area contributed by atoms with Gasteiger partial charge >= 0.3 is 5.97 Å². The van der Waals surface area contributed by atoms with Crippen molar-refractivity contribution in [3.8, 4) is 0 Å². The Bertz CT molecular complexity index is 1010. The predicted molar refractivity (Wildman–Crippen MR) is 160 cm³/mol. The lowest BCUT2D eigenvalue weighted by Crippen LogP contribution is -2.48. The SMILES string of the molecule is CC(CCCN=CN)NSc1ccc2ccccc2c1.CN.O=CN1CCN(C(=O)CCCCC(=O)O)CC1. The number of hydrogen-bond acceptors (Lipinski definition) is 7. The molecule has 2 aromatic rings. The lowest BCUT2D eigenvalue weighted by Gasteiger charge is -2.32. The number of nitrogens with zero attached hydrogens (tertiary/aromatic N) is 3. The topological polar surface area (TPSA) is 154 Å². The van der Waals surface area contributed by atoms with Crippen LogP contribution in [-0.2, 0) is 14.4 Å². The van der Waals surface area contributed by atoms with E-state index in [1.54, 1.807) is 21.7 Å². The Morgan fingerprint density at radius 2 is 1.72 bits per heavy atom. The minimum absolute atomic E-state index is 0.0564. The van der Waals surface area contributed by atoms with E-state index in [1.165, 1.54) is 29.1 Å². The summed E-state index contributed by atoms with van der Waals surface area (Å²) in [5.74, 6) is -0.766. The number of rotatable bonds is 13. The smallest absolute Gasteiger partial charge is 0.303 e. The largest absolute Gasteiger partial charge is 0.481 e. The maximum Gasteiger partial charge on any atom is 0.303 e. The van der Waals surface area contributed by atoms with Gasteiger partial charge in [0.15, 0.2) is 0 Å². The Labute approximate surface area is 236 Å². The second kappa shape index (κ2) is 20.8. The molecule has 1 saturated heterocycles. The first-order valence-electron chi connectivity index (χ1n) is 13.3. The Kier molecular flexibility index (Phi) is 18.0. The molecular weight excluding hydrogens is 516 g/mol. The minimum atomic E-state index is -0.822. The normalized spacial score (nSPS) is 13.7. The molecule has 6 N–H and O–H groups in total. The van der Waals surface area contributed by atoms with Crippen molar-refractivity contribution >= 4 is 47.3 Å². The number of nitrogens with one attached hydrogen (secondary N) is 1. The molecule has 11 heteroatoms. The van der Waals surface area contributed by atoms with Gasteiger partial charge in [0.05, 0.1) is 6.34 Å². The van der Waals surface area contributed by atoms with Gasteiger partial charge in [-0.05, 0) is 74.5 Å². The van der Waals surface area contributed by atoms with Crippen LogP contribution in [0.15, 0.2) is 52.4 Å². The van der Waals surface area contributed by atoms with Gasteiger partial charge < -0.3 is 26.4 Å². The van der Waals surface area contributed by atoms with Gasteiger partial charge in [0.1, 0.15) is 0 Å². The molecule has 0 aliphatic carbocycles. The van der Waals surface area contributed by atoms with Crippen LogP contribution < -0.4 is 16.2 Å². The van der Waals surface area contributed by atoms with E-state index in [4.69, 9.17) is 10.8 Å². The zero-order valence-corrected chi connectivity index (χ0v) is 23.9. The van der Waals surface area contributed by atoms with E-state index in [0.717, 1.165) is 25.8 Å². The number of unbranched alkanes of at least 4 members (excludes halogenated alkanes) is 1. The number of hydrogen-bond donors (Lipinski definition) is 4. The van der Waals surface area contributed by atoms with Crippen LogP contribution in [-0.4, -0.2) is 85.3 Å². The number of carbonyl (C=O) groups is 3. The van der Waals surface area contributed by atoms with Crippen molar-refractivity contribution in [3.05, 3.63) is 42.5 Å². The number of benzene rings is 2. The highest BCUT2D eigenvalue weighted by Gasteiger charge is 2.19. The first-order valence-corrected chi connectivity index (χ1v) is 14.1. The summed E-state index contributed by atoms with van der Waals surface area (Å²) < 4.78 is 3.47. The molecule has 3 rings (SSSR count). The average Bonchev–Trinajstić information content (AvgIpc) is 2.97. The molecule has 0 aromatic heterocycles. The molecule has 1 aliphatic rings. The first-order chi connectivity index (χ1) is 18.9. The summed E-state index contributed by atoms with van der Waals surface area (Å²) >= 11 is 1.69. The van der Waals surface area contributed by atoms with Gasteiger partial charge in [-0.3, -0.25) is 24.1 Å². The summed E-state index contributed by atoms with van der Waals surface area (Å²) in [6.45, 7) is 5.34. The predicted octanol–water partition coefficient (Wildman–Crippen LogP) is 3.10. The summed E-state index contributed by atoms with van der Waals surface area (Å²) in [5.41, 5.74) is 9.71. The van der Waals surface area contributed by atoms with Crippen LogP contribution >= 0.6 is 11.9 Å². The fourth-order valence-electron chi connectivity index (χ4n) is 3.81. The quantitative estimate of drug-likeness (QED) is 0.0958. The van der Waals surface area contributed by atoms with Crippen molar-refractivity contribution in [1.82, 2.24) is 14.5 Å². The van der Waals surface area contributed by atoms with E-state index >= 15 is 0 Å². The number of aliphatic carboxylic acids is 1. The van der Waals surface area contributed by atoms with Gasteiger partial charge in [-0.25, -0.2) is 0 Å². The summed E-state index contributed by atoms with van der Waals surface area (Å²) in [4.78, 5) is 41.1. The molecule has 216 valence electrons. The molecule has 2 amide bonds. The molecule has 1 aliphatic heterocycles. The lowest BCUT2D eigenvalue weighted by molar-refractivity contribution is -0.138. The van der Waals surface area contributed by atoms with E-state index in [-0.39, 0.29) is 12.3 Å². The van der Waals surface area contributed by atoms with Crippen LogP contribution in [0.5, 0.6) is 0 Å². The monoisotopic (exact) mass is 560 g/mol. The van der Waals surface area contributed by atoms with Crippen molar-refractivity contribution in [2.24, 2.45) is 16.5 Å². The molecule has 0 saturated carbocycles. The van der Waals surface area contributed by atoms with Crippen LogP contribution in [0.1, 0.15) is 45.4 Å². The Hall–Kier alpha value is -3.15. The fraction of sp³-hybridized carbons (Fsp3) is 0.500. The number of fused-ring (bicyclic) bond motifs is 1. The summed E-state index contributed by atoms with van der Waals surface area (Å²) in [6, 6.07) is 15.4. The Morgan fingerprint density at radius 3 is 2.36 bits per heavy atom. The van der Waals surface area contributed by atoms with Gasteiger partial charge in [-0.1, -0.05) is 30.3 Å². The second-order valence-electron chi connectivity index (χ2n) is 8.95. The number of nitrogens with two attached hydrogens (primary N) is 2. The number of carboxylic acids is 1. The third kappa shape index (κ3) is 14.5. The summed E-state index contributed by atoms with van der Waals surface area (Å²) in [7, 11) is 1.50. The van der Waals surface area contributed by atoms with E-state index < -0.39 is 5.97 Å². The average molecular weight is 561 g/mol. The van der Waals surface area contributed by atoms with Crippen LogP contribution in [0.3, 0.4) is 0 Å². The van der Waals surface area contributed by atoms with Crippen LogP contribution in [0, 0.1) is 0 Å². The van der Waals surface area contributed by atoms with Gasteiger partial charge in [0.25, 0.3) is 0 Å². The summed E-state index contributed by atoms with van der Waals surface area (Å²) in [6.07, 6.45) is 5.99. The highest BCUT2D eigenvalue weighted by molar-refractivity contribution is 7.97. The molecule has 1 fully saturated rings. The fourth-order valence-corrected chi connectivity index (χ4v) is 4.59. The summed E-state index contributed by atoms with van der Waals surface area (Å²) in [5, 5.41) is 11.0. The molecule has 0 spiro atoms. The minimum Gasteiger partial charge on any atom is -0.481 e. The second-order valence-corrected chi connectivity index (χ2v) is 9.86. The number of piperazine rings is 1. The van der Waals surface area contributed by atoms with Gasteiger partial charge in [0.2, 0.25) is 12.3 Å². The van der Waals surface area contributed by atoms with Crippen molar-refractivity contribution in [1.29, 1.82) is 0 Å². The maximum absolute atomic E-state index is 11.7. The van der Waals surface area contributed by atoms with E-state index in [1.807, 2.05) is 0 Å². The molecule has 1 heterocycles. The molecule has 1 unspecified atom stereocenters. The molecule has 39 heavy (non-hydrogen) atoms. The highest BCUT2D eigenvalue weighted by Crippen LogP contribution is 2.22. The molecule has 0 radical (unpaired) electrons. The lowest BCUT2D eigenvalue weighted by atomic mass is 10.1. The Morgan fingerprint density at radius 1 is 1.05 bits per heavy atom. The van der Waals surface area contributed by atoms with Crippen LogP contribution in [0.4, 0.5) is 0 Å². The Balaban J connectivity index is 0.000000371. The standard InChI is InChI=1S/C16H21N3S.C11H18N2O4.CH5N/c1-13(5-4-10-18-12-17)19-20-16-9-8-14-6-2-3-7-15(14)11-16;14-9-12-5-7-13(8-6-12)10(15)3-1-2-4-11(16)17;1-2/h2-3,6-9,11-13,19H,4-5,10H2,1H3,(H2,17,18);9H,1-8H2,(H,16,17);2H2,1H3. The van der Waals surface area contributed by atoms with E-state index in [2.05, 4.69) is 64.8 Å². The van der Waals surface area contributed by atoms with E-state index in [0.29, 0.717) is 51.5 Å². The van der Waals surface area contributed by atoms with Gasteiger partial charge in [0, 0.05) is 56.5 Å². The van der Waals surface area contributed by atoms with Crippen molar-refractivity contribution in [3.63, 3.8) is 0 Å². The number of carbonyl (C=O) groups excluding carboxylic acids is 2. The van der Waals surface area contributed by atoms with Gasteiger partial charge in [-0.15, -0.1) is 0 Å². The van der Waals surface area contributed by atoms with Crippen molar-refractivity contribution in [2.45, 2.75) is 56.4 Å².